The van der Waals surface area contributed by atoms with Gasteiger partial charge in [-0.25, -0.2) is 4.98 Å². The number of rotatable bonds is 4. The number of thioether (sulfide) groups is 1. The predicted octanol–water partition coefficient (Wildman–Crippen LogP) is 4.73. The van der Waals surface area contributed by atoms with E-state index < -0.39 is 0 Å². The quantitative estimate of drug-likeness (QED) is 0.634. The van der Waals surface area contributed by atoms with Gasteiger partial charge >= 0.3 is 0 Å². The highest BCUT2D eigenvalue weighted by Crippen LogP contribution is 2.28. The molecule has 0 saturated heterocycles. The standard InChI is InChI=1S/C18H20N4S2/c1-13-6-8-14(9-7-13)17-19-15(11-23-17)12-24-18-21-20-16-5-3-2-4-10-22(16)18/h6-9,11H,2-5,10,12H2,1H3. The van der Waals surface area contributed by atoms with Crippen LogP contribution in [0, 0.1) is 6.92 Å². The lowest BCUT2D eigenvalue weighted by Crippen LogP contribution is -2.02. The normalized spacial score (nSPS) is 14.4. The van der Waals surface area contributed by atoms with Gasteiger partial charge in [-0.2, -0.15) is 0 Å². The zero-order valence-electron chi connectivity index (χ0n) is 13.7. The van der Waals surface area contributed by atoms with Crippen molar-refractivity contribution in [1.29, 1.82) is 0 Å². The topological polar surface area (TPSA) is 43.6 Å². The summed E-state index contributed by atoms with van der Waals surface area (Å²) in [4.78, 5) is 4.78. The minimum absolute atomic E-state index is 0.848. The van der Waals surface area contributed by atoms with E-state index in [0.29, 0.717) is 0 Å². The Bertz CT molecular complexity index is 820. The van der Waals surface area contributed by atoms with Crippen molar-refractivity contribution in [3.05, 3.63) is 46.7 Å². The van der Waals surface area contributed by atoms with E-state index >= 15 is 0 Å². The first-order chi connectivity index (χ1) is 11.8. The molecule has 0 spiro atoms. The Morgan fingerprint density at radius 3 is 2.88 bits per heavy atom. The van der Waals surface area contributed by atoms with Gasteiger partial charge in [-0.3, -0.25) is 0 Å². The monoisotopic (exact) mass is 356 g/mol. The SMILES string of the molecule is Cc1ccc(-c2nc(CSc3nnc4n3CCCCC4)cs2)cc1. The number of benzene rings is 1. The van der Waals surface area contributed by atoms with Crippen LogP contribution >= 0.6 is 23.1 Å². The molecule has 0 bridgehead atoms. The molecule has 3 aromatic rings. The Balaban J connectivity index is 1.45. The Kier molecular flexibility index (Phi) is 4.67. The van der Waals surface area contributed by atoms with E-state index in [0.717, 1.165) is 40.4 Å². The van der Waals surface area contributed by atoms with E-state index in [1.807, 2.05) is 0 Å². The summed E-state index contributed by atoms with van der Waals surface area (Å²) in [6.45, 7) is 3.16. The van der Waals surface area contributed by atoms with Gasteiger partial charge in [0.2, 0.25) is 0 Å². The summed E-state index contributed by atoms with van der Waals surface area (Å²) < 4.78 is 2.30. The molecule has 0 saturated carbocycles. The van der Waals surface area contributed by atoms with Crippen LogP contribution in [-0.4, -0.2) is 19.7 Å². The van der Waals surface area contributed by atoms with Crippen molar-refractivity contribution in [3.8, 4) is 10.6 Å². The molecule has 4 nitrogen and oxygen atoms in total. The second-order valence-electron chi connectivity index (χ2n) is 6.16. The van der Waals surface area contributed by atoms with Gasteiger partial charge in [-0.15, -0.1) is 21.5 Å². The third-order valence-electron chi connectivity index (χ3n) is 4.27. The maximum absolute atomic E-state index is 4.78. The first kappa shape index (κ1) is 15.8. The van der Waals surface area contributed by atoms with Gasteiger partial charge in [0.25, 0.3) is 0 Å². The molecule has 3 heterocycles. The maximum Gasteiger partial charge on any atom is 0.191 e. The molecule has 0 radical (unpaired) electrons. The van der Waals surface area contributed by atoms with Gasteiger partial charge in [-0.05, 0) is 19.8 Å². The highest BCUT2D eigenvalue weighted by molar-refractivity contribution is 7.98. The average molecular weight is 357 g/mol. The summed E-state index contributed by atoms with van der Waals surface area (Å²) in [5.41, 5.74) is 3.59. The Morgan fingerprint density at radius 1 is 1.12 bits per heavy atom. The molecule has 0 fully saturated rings. The number of hydrogen-bond acceptors (Lipinski definition) is 5. The molecule has 6 heteroatoms. The van der Waals surface area contributed by atoms with Crippen LogP contribution < -0.4 is 0 Å². The van der Waals surface area contributed by atoms with Crippen LogP contribution in [0.1, 0.15) is 36.3 Å². The zero-order valence-corrected chi connectivity index (χ0v) is 15.4. The van der Waals surface area contributed by atoms with Crippen molar-refractivity contribution < 1.29 is 0 Å². The van der Waals surface area contributed by atoms with Gasteiger partial charge in [0.15, 0.2) is 5.16 Å². The lowest BCUT2D eigenvalue weighted by Gasteiger charge is -2.05. The second kappa shape index (κ2) is 7.07. The van der Waals surface area contributed by atoms with Crippen LogP contribution in [0.4, 0.5) is 0 Å². The van der Waals surface area contributed by atoms with Gasteiger partial charge in [0, 0.05) is 29.7 Å². The predicted molar refractivity (Wildman–Crippen MR) is 99.4 cm³/mol. The number of aryl methyl sites for hydroxylation is 2. The molecule has 0 unspecified atom stereocenters. The van der Waals surface area contributed by atoms with Gasteiger partial charge in [-0.1, -0.05) is 48.0 Å². The molecule has 24 heavy (non-hydrogen) atoms. The van der Waals surface area contributed by atoms with E-state index in [1.54, 1.807) is 23.1 Å². The zero-order chi connectivity index (χ0) is 16.4. The third-order valence-corrected chi connectivity index (χ3v) is 6.22. The fourth-order valence-electron chi connectivity index (χ4n) is 2.91. The van der Waals surface area contributed by atoms with Crippen LogP contribution in [0.5, 0.6) is 0 Å². The van der Waals surface area contributed by atoms with Crippen LogP contribution in [0.2, 0.25) is 0 Å². The van der Waals surface area contributed by atoms with Crippen molar-refractivity contribution in [3.63, 3.8) is 0 Å². The minimum Gasteiger partial charge on any atom is -0.306 e. The summed E-state index contributed by atoms with van der Waals surface area (Å²) in [7, 11) is 0. The van der Waals surface area contributed by atoms with Gasteiger partial charge in [0.1, 0.15) is 10.8 Å². The molecule has 0 amide bonds. The Labute approximate surface area is 150 Å². The smallest absolute Gasteiger partial charge is 0.191 e. The highest BCUT2D eigenvalue weighted by Gasteiger charge is 2.15. The van der Waals surface area contributed by atoms with Crippen molar-refractivity contribution in [1.82, 2.24) is 19.7 Å². The molecule has 0 atom stereocenters. The van der Waals surface area contributed by atoms with Crippen LogP contribution in [0.25, 0.3) is 10.6 Å². The maximum atomic E-state index is 4.78. The summed E-state index contributed by atoms with van der Waals surface area (Å²) in [6.07, 6.45) is 4.81. The van der Waals surface area contributed by atoms with Crippen LogP contribution in [0.3, 0.4) is 0 Å². The fraction of sp³-hybridized carbons (Fsp3) is 0.389. The van der Waals surface area contributed by atoms with E-state index in [4.69, 9.17) is 4.98 Å². The number of fused-ring (bicyclic) bond motifs is 1. The van der Waals surface area contributed by atoms with E-state index in [-0.39, 0.29) is 0 Å². The molecule has 1 aliphatic heterocycles. The first-order valence-electron chi connectivity index (χ1n) is 8.36. The van der Waals surface area contributed by atoms with E-state index in [9.17, 15) is 0 Å². The fourth-order valence-corrected chi connectivity index (χ4v) is 4.71. The third kappa shape index (κ3) is 3.39. The van der Waals surface area contributed by atoms with Gasteiger partial charge in [0.05, 0.1) is 5.69 Å². The molecule has 1 aliphatic rings. The molecule has 0 N–H and O–H groups in total. The summed E-state index contributed by atoms with van der Waals surface area (Å²) >= 11 is 3.46. The van der Waals surface area contributed by atoms with E-state index in [2.05, 4.69) is 51.3 Å². The van der Waals surface area contributed by atoms with Crippen LogP contribution in [-0.2, 0) is 18.7 Å². The van der Waals surface area contributed by atoms with Crippen molar-refractivity contribution in [2.45, 2.75) is 50.1 Å². The highest BCUT2D eigenvalue weighted by atomic mass is 32.2. The largest absolute Gasteiger partial charge is 0.306 e. The van der Waals surface area contributed by atoms with Gasteiger partial charge < -0.3 is 4.57 Å². The molecular weight excluding hydrogens is 336 g/mol. The Morgan fingerprint density at radius 2 is 2.00 bits per heavy atom. The summed E-state index contributed by atoms with van der Waals surface area (Å²) in [6, 6.07) is 8.56. The van der Waals surface area contributed by atoms with E-state index in [1.165, 1.54) is 30.4 Å². The Hall–Kier alpha value is -1.66. The van der Waals surface area contributed by atoms with Crippen molar-refractivity contribution in [2.75, 3.05) is 0 Å². The molecule has 124 valence electrons. The lowest BCUT2D eigenvalue weighted by molar-refractivity contribution is 0.591. The second-order valence-corrected chi connectivity index (χ2v) is 7.96. The minimum atomic E-state index is 0.848. The number of hydrogen-bond donors (Lipinski definition) is 0. The van der Waals surface area contributed by atoms with Crippen molar-refractivity contribution >= 4 is 23.1 Å². The first-order valence-corrected chi connectivity index (χ1v) is 10.2. The summed E-state index contributed by atoms with van der Waals surface area (Å²) in [5.74, 6) is 1.99. The molecular formula is C18H20N4S2. The van der Waals surface area contributed by atoms with Crippen molar-refractivity contribution in [2.24, 2.45) is 0 Å². The number of aromatic nitrogens is 4. The molecule has 4 rings (SSSR count). The van der Waals surface area contributed by atoms with Crippen LogP contribution in [0.15, 0.2) is 34.8 Å². The number of nitrogens with zero attached hydrogens (tertiary/aromatic N) is 4. The molecule has 2 aromatic heterocycles. The summed E-state index contributed by atoms with van der Waals surface area (Å²) in [5, 5.41) is 13.0. The average Bonchev–Trinajstić information content (AvgIpc) is 3.15. The lowest BCUT2D eigenvalue weighted by atomic mass is 10.2. The molecule has 0 aliphatic carbocycles. The number of thiazole rings is 1. The molecule has 1 aromatic carbocycles.